The van der Waals surface area contributed by atoms with Gasteiger partial charge in [-0.1, -0.05) is 33.2 Å². The second-order valence-electron chi connectivity index (χ2n) is 7.73. The Hall–Kier alpha value is -1.61. The number of carbonyl (C=O) groups excluding carboxylic acids is 1. The summed E-state index contributed by atoms with van der Waals surface area (Å²) in [6.07, 6.45) is 13.1. The molecule has 2 unspecified atom stereocenters. The highest BCUT2D eigenvalue weighted by atomic mass is 33.1. The van der Waals surface area contributed by atoms with Crippen LogP contribution in [0.25, 0.3) is 11.5 Å². The van der Waals surface area contributed by atoms with E-state index in [0.717, 1.165) is 44.0 Å². The van der Waals surface area contributed by atoms with E-state index in [9.17, 15) is 4.79 Å². The van der Waals surface area contributed by atoms with Gasteiger partial charge in [0.15, 0.2) is 0 Å². The van der Waals surface area contributed by atoms with E-state index in [2.05, 4.69) is 20.1 Å². The van der Waals surface area contributed by atoms with Gasteiger partial charge in [0.1, 0.15) is 5.69 Å². The van der Waals surface area contributed by atoms with Gasteiger partial charge in [0.05, 0.1) is 6.20 Å². The third-order valence-electron chi connectivity index (χ3n) is 5.49. The maximum Gasteiger partial charge on any atom is 0.227 e. The summed E-state index contributed by atoms with van der Waals surface area (Å²) in [4.78, 5) is 27.4. The molecule has 2 saturated heterocycles. The fourth-order valence-electron chi connectivity index (χ4n) is 3.93. The summed E-state index contributed by atoms with van der Waals surface area (Å²) in [6.45, 7) is 1.66. The molecule has 2 atom stereocenters. The summed E-state index contributed by atoms with van der Waals surface area (Å²) in [6, 6.07) is 0. The lowest BCUT2D eigenvalue weighted by Gasteiger charge is -2.32. The Balaban J connectivity index is 1.22. The minimum atomic E-state index is 0.300. The van der Waals surface area contributed by atoms with Crippen molar-refractivity contribution in [2.75, 3.05) is 18.8 Å². The molecule has 2 aromatic rings. The van der Waals surface area contributed by atoms with Gasteiger partial charge in [-0.15, -0.1) is 0 Å². The molecule has 9 heteroatoms. The molecule has 4 rings (SSSR count). The molecule has 156 valence electrons. The van der Waals surface area contributed by atoms with Crippen LogP contribution in [0.15, 0.2) is 23.1 Å². The number of amides is 1. The number of rotatable bonds is 8. The number of nitrogens with zero attached hydrogens (tertiary/aromatic N) is 5. The first kappa shape index (κ1) is 20.7. The zero-order chi connectivity index (χ0) is 19.9. The van der Waals surface area contributed by atoms with Crippen LogP contribution >= 0.6 is 21.6 Å². The van der Waals surface area contributed by atoms with Crippen molar-refractivity contribution in [3.63, 3.8) is 0 Å². The van der Waals surface area contributed by atoms with Crippen molar-refractivity contribution in [3.8, 4) is 11.5 Å². The van der Waals surface area contributed by atoms with Gasteiger partial charge in [0.2, 0.25) is 17.6 Å². The lowest BCUT2D eigenvalue weighted by atomic mass is 9.94. The van der Waals surface area contributed by atoms with Gasteiger partial charge >= 0.3 is 0 Å². The predicted octanol–water partition coefficient (Wildman–Crippen LogP) is 4.02. The quantitative estimate of drug-likeness (QED) is 0.456. The zero-order valence-corrected chi connectivity index (χ0v) is 18.2. The fourth-order valence-corrected chi connectivity index (χ4v) is 6.96. The van der Waals surface area contributed by atoms with Crippen molar-refractivity contribution >= 4 is 27.5 Å². The molecule has 4 heterocycles. The van der Waals surface area contributed by atoms with Crippen LogP contribution in [0, 0.1) is 5.92 Å². The number of aromatic nitrogens is 4. The van der Waals surface area contributed by atoms with Crippen molar-refractivity contribution in [2.45, 2.75) is 56.6 Å². The highest BCUT2D eigenvalue weighted by Crippen LogP contribution is 2.39. The van der Waals surface area contributed by atoms with Gasteiger partial charge in [-0.3, -0.25) is 9.78 Å². The summed E-state index contributed by atoms with van der Waals surface area (Å²) in [7, 11) is 4.01. The number of piperidine rings is 1. The smallest absolute Gasteiger partial charge is 0.227 e. The van der Waals surface area contributed by atoms with Crippen molar-refractivity contribution in [3.05, 3.63) is 24.5 Å². The molecule has 0 aromatic carbocycles. The normalized spacial score (nSPS) is 22.1. The first-order chi connectivity index (χ1) is 14.3. The molecule has 0 bridgehead atoms. The summed E-state index contributed by atoms with van der Waals surface area (Å²) in [5.74, 6) is 3.03. The van der Waals surface area contributed by atoms with E-state index < -0.39 is 0 Å². The van der Waals surface area contributed by atoms with Crippen LogP contribution in [-0.4, -0.2) is 55.0 Å². The zero-order valence-electron chi connectivity index (χ0n) is 16.5. The van der Waals surface area contributed by atoms with E-state index in [0.29, 0.717) is 42.1 Å². The van der Waals surface area contributed by atoms with Crippen LogP contribution in [0.4, 0.5) is 0 Å². The molecular formula is C20H27N5O2S2. The number of carbonyl (C=O) groups is 1. The van der Waals surface area contributed by atoms with Gasteiger partial charge in [-0.05, 0) is 38.0 Å². The van der Waals surface area contributed by atoms with Crippen LogP contribution in [0.5, 0.6) is 0 Å². The van der Waals surface area contributed by atoms with Crippen molar-refractivity contribution in [1.82, 2.24) is 25.0 Å². The Morgan fingerprint density at radius 2 is 2.24 bits per heavy atom. The molecule has 0 saturated carbocycles. The molecule has 2 aliphatic heterocycles. The van der Waals surface area contributed by atoms with Gasteiger partial charge in [-0.2, -0.15) is 4.98 Å². The van der Waals surface area contributed by atoms with Crippen molar-refractivity contribution < 1.29 is 9.32 Å². The Labute approximate surface area is 179 Å². The van der Waals surface area contributed by atoms with E-state index in [4.69, 9.17) is 4.52 Å². The Morgan fingerprint density at radius 3 is 3.07 bits per heavy atom. The van der Waals surface area contributed by atoms with Gasteiger partial charge in [0.25, 0.3) is 0 Å². The number of hydrogen-bond donors (Lipinski definition) is 0. The molecule has 0 radical (unpaired) electrons. The molecular weight excluding hydrogens is 406 g/mol. The van der Waals surface area contributed by atoms with E-state index in [1.165, 1.54) is 18.6 Å². The first-order valence-electron chi connectivity index (χ1n) is 10.4. The first-order valence-corrected chi connectivity index (χ1v) is 12.8. The third-order valence-corrected chi connectivity index (χ3v) is 8.50. The van der Waals surface area contributed by atoms with Crippen molar-refractivity contribution in [2.24, 2.45) is 5.92 Å². The highest BCUT2D eigenvalue weighted by molar-refractivity contribution is 8.77. The second-order valence-corrected chi connectivity index (χ2v) is 10.5. The van der Waals surface area contributed by atoms with E-state index >= 15 is 0 Å². The standard InChI is InChI=1S/C20H27N5O2S2/c26-19(6-2-1-5-16-7-11-28-29-16)25-10-3-4-15(14-25)12-18-23-20(24-27-18)17-13-21-8-9-22-17/h8-9,13,15-16H,1-7,10-12,14H2. The summed E-state index contributed by atoms with van der Waals surface area (Å²) in [5.41, 5.74) is 0.609. The SMILES string of the molecule is O=C(CCCCC1CCSS1)N1CCCC(Cc2nc(-c3cnccn3)no2)C1. The van der Waals surface area contributed by atoms with E-state index in [1.807, 2.05) is 26.5 Å². The van der Waals surface area contributed by atoms with Gasteiger partial charge in [0, 0.05) is 49.3 Å². The lowest BCUT2D eigenvalue weighted by molar-refractivity contribution is -0.133. The molecule has 2 aliphatic rings. The monoisotopic (exact) mass is 433 g/mol. The van der Waals surface area contributed by atoms with Crippen LogP contribution in [0.2, 0.25) is 0 Å². The molecule has 2 fully saturated rings. The maximum atomic E-state index is 12.6. The second kappa shape index (κ2) is 10.4. The minimum absolute atomic E-state index is 0.300. The molecule has 1 amide bonds. The van der Waals surface area contributed by atoms with Gasteiger partial charge < -0.3 is 9.42 Å². The van der Waals surface area contributed by atoms with Crippen molar-refractivity contribution in [1.29, 1.82) is 0 Å². The summed E-state index contributed by atoms with van der Waals surface area (Å²) >= 11 is 0. The number of likely N-dealkylation sites (tertiary alicyclic amines) is 1. The molecule has 0 spiro atoms. The third kappa shape index (κ3) is 5.94. The Morgan fingerprint density at radius 1 is 1.28 bits per heavy atom. The Kier molecular flexibility index (Phi) is 7.43. The predicted molar refractivity (Wildman–Crippen MR) is 115 cm³/mol. The molecule has 0 aliphatic carbocycles. The molecule has 2 aromatic heterocycles. The summed E-state index contributed by atoms with van der Waals surface area (Å²) < 4.78 is 5.41. The van der Waals surface area contributed by atoms with E-state index in [1.54, 1.807) is 18.6 Å². The number of unbranched alkanes of at least 4 members (excludes halogenated alkanes) is 1. The van der Waals surface area contributed by atoms with Crippen LogP contribution in [-0.2, 0) is 11.2 Å². The maximum absolute atomic E-state index is 12.6. The van der Waals surface area contributed by atoms with Crippen LogP contribution < -0.4 is 0 Å². The largest absolute Gasteiger partial charge is 0.342 e. The molecule has 29 heavy (non-hydrogen) atoms. The molecule has 0 N–H and O–H groups in total. The van der Waals surface area contributed by atoms with Crippen LogP contribution in [0.3, 0.4) is 0 Å². The molecule has 7 nitrogen and oxygen atoms in total. The van der Waals surface area contributed by atoms with Gasteiger partial charge in [-0.25, -0.2) is 4.98 Å². The topological polar surface area (TPSA) is 85.0 Å². The van der Waals surface area contributed by atoms with Crippen LogP contribution in [0.1, 0.15) is 50.8 Å². The average Bonchev–Trinajstić information content (AvgIpc) is 3.44. The average molecular weight is 434 g/mol. The van der Waals surface area contributed by atoms with E-state index in [-0.39, 0.29) is 0 Å². The highest BCUT2D eigenvalue weighted by Gasteiger charge is 2.25. The Bertz CT molecular complexity index is 782. The summed E-state index contributed by atoms with van der Waals surface area (Å²) in [5, 5.41) is 4.82. The number of hydrogen-bond acceptors (Lipinski definition) is 8. The lowest BCUT2D eigenvalue weighted by Crippen LogP contribution is -2.40. The minimum Gasteiger partial charge on any atom is -0.342 e. The fraction of sp³-hybridized carbons (Fsp3) is 0.650.